The number of benzene rings is 2. The Kier molecular flexibility index (Phi) is 4.29. The van der Waals surface area contributed by atoms with Crippen molar-refractivity contribution in [2.24, 2.45) is 0 Å². The summed E-state index contributed by atoms with van der Waals surface area (Å²) in [4.78, 5) is 15.0. The van der Waals surface area contributed by atoms with Crippen LogP contribution in [0.2, 0.25) is 0 Å². The zero-order chi connectivity index (χ0) is 16.1. The number of rotatable bonds is 4. The second-order valence-electron chi connectivity index (χ2n) is 5.09. The molecule has 0 saturated heterocycles. The summed E-state index contributed by atoms with van der Waals surface area (Å²) >= 11 is 0. The number of aromatic amines is 1. The minimum atomic E-state index is -0.286. The van der Waals surface area contributed by atoms with E-state index in [1.165, 1.54) is 0 Å². The molecule has 5 heteroatoms. The first-order valence-corrected chi connectivity index (χ1v) is 7.25. The molecule has 1 aromatic heterocycles. The zero-order valence-corrected chi connectivity index (χ0v) is 12.7. The summed E-state index contributed by atoms with van der Waals surface area (Å²) in [7, 11) is 0. The number of aryl methyl sites for hydroxylation is 1. The molecule has 3 rings (SSSR count). The fraction of sp³-hybridized carbons (Fsp3) is 0.0556. The molecule has 1 heterocycles. The average Bonchev–Trinajstić information content (AvgIpc) is 2.95. The van der Waals surface area contributed by atoms with Crippen LogP contribution in [0.1, 0.15) is 5.69 Å². The second-order valence-corrected chi connectivity index (χ2v) is 5.09. The summed E-state index contributed by atoms with van der Waals surface area (Å²) in [6.45, 7) is 1.96. The van der Waals surface area contributed by atoms with E-state index in [0.29, 0.717) is 11.4 Å². The highest BCUT2D eigenvalue weighted by molar-refractivity contribution is 5.99. The van der Waals surface area contributed by atoms with E-state index in [-0.39, 0.29) is 6.03 Å². The van der Waals surface area contributed by atoms with Gasteiger partial charge in [-0.15, -0.1) is 0 Å². The second kappa shape index (κ2) is 6.70. The Bertz CT molecular complexity index is 780. The number of anilines is 2. The van der Waals surface area contributed by atoms with Crippen molar-refractivity contribution in [1.29, 1.82) is 0 Å². The summed E-state index contributed by atoms with van der Waals surface area (Å²) in [5.74, 6) is 1.46. The normalized spacial score (nSPS) is 10.1. The Balaban J connectivity index is 1.57. The Morgan fingerprint density at radius 3 is 2.17 bits per heavy atom. The standard InChI is InChI=1S/C18H17N3O2/c1-13-11-17(12-19-13)23-16-9-7-15(8-10-16)21-18(22)20-14-5-3-2-4-6-14/h2-12,19H,1H3,(H2,20,21,22). The van der Waals surface area contributed by atoms with Gasteiger partial charge >= 0.3 is 6.03 Å². The number of carbonyl (C=O) groups is 1. The fourth-order valence-electron chi connectivity index (χ4n) is 2.10. The fourth-order valence-corrected chi connectivity index (χ4v) is 2.10. The first-order chi connectivity index (χ1) is 11.2. The van der Waals surface area contributed by atoms with Gasteiger partial charge in [0.05, 0.1) is 0 Å². The lowest BCUT2D eigenvalue weighted by molar-refractivity contribution is 0.262. The van der Waals surface area contributed by atoms with Crippen molar-refractivity contribution in [3.63, 3.8) is 0 Å². The van der Waals surface area contributed by atoms with Gasteiger partial charge in [0.25, 0.3) is 0 Å². The van der Waals surface area contributed by atoms with Crippen LogP contribution in [0.25, 0.3) is 0 Å². The number of hydrogen-bond donors (Lipinski definition) is 3. The lowest BCUT2D eigenvalue weighted by atomic mass is 10.3. The Hall–Kier alpha value is -3.21. The number of urea groups is 1. The van der Waals surface area contributed by atoms with Crippen LogP contribution in [0.4, 0.5) is 16.2 Å². The first kappa shape index (κ1) is 14.7. The van der Waals surface area contributed by atoms with Crippen LogP contribution in [0, 0.1) is 6.92 Å². The molecule has 0 spiro atoms. The number of amides is 2. The lowest BCUT2D eigenvalue weighted by Crippen LogP contribution is -2.19. The predicted octanol–water partition coefficient (Wildman–Crippen LogP) is 4.76. The molecule has 116 valence electrons. The maximum absolute atomic E-state index is 11.9. The van der Waals surface area contributed by atoms with Gasteiger partial charge in [0, 0.05) is 29.3 Å². The highest BCUT2D eigenvalue weighted by atomic mass is 16.5. The molecule has 0 saturated carbocycles. The Morgan fingerprint density at radius 1 is 0.913 bits per heavy atom. The highest BCUT2D eigenvalue weighted by Crippen LogP contribution is 2.23. The van der Waals surface area contributed by atoms with E-state index in [9.17, 15) is 4.79 Å². The average molecular weight is 307 g/mol. The monoisotopic (exact) mass is 307 g/mol. The number of para-hydroxylation sites is 1. The van der Waals surface area contributed by atoms with Crippen molar-refractivity contribution in [3.8, 4) is 11.5 Å². The third-order valence-electron chi connectivity index (χ3n) is 3.18. The van der Waals surface area contributed by atoms with E-state index >= 15 is 0 Å². The number of nitrogens with one attached hydrogen (secondary N) is 3. The van der Waals surface area contributed by atoms with Crippen molar-refractivity contribution >= 4 is 17.4 Å². The molecule has 0 atom stereocenters. The van der Waals surface area contributed by atoms with E-state index in [1.807, 2.05) is 43.3 Å². The number of H-pyrrole nitrogens is 1. The van der Waals surface area contributed by atoms with Gasteiger partial charge in [-0.2, -0.15) is 0 Å². The first-order valence-electron chi connectivity index (χ1n) is 7.25. The highest BCUT2D eigenvalue weighted by Gasteiger charge is 2.03. The van der Waals surface area contributed by atoms with Crippen molar-refractivity contribution < 1.29 is 9.53 Å². The maximum Gasteiger partial charge on any atom is 0.323 e. The van der Waals surface area contributed by atoms with E-state index in [2.05, 4.69) is 15.6 Å². The topological polar surface area (TPSA) is 66.2 Å². The van der Waals surface area contributed by atoms with Gasteiger partial charge in [0.15, 0.2) is 0 Å². The van der Waals surface area contributed by atoms with Gasteiger partial charge in [-0.1, -0.05) is 18.2 Å². The minimum Gasteiger partial charge on any atom is -0.456 e. The van der Waals surface area contributed by atoms with E-state index < -0.39 is 0 Å². The number of ether oxygens (including phenoxy) is 1. The molecule has 23 heavy (non-hydrogen) atoms. The molecule has 2 aromatic carbocycles. The zero-order valence-electron chi connectivity index (χ0n) is 12.7. The maximum atomic E-state index is 11.9. The molecule has 0 radical (unpaired) electrons. The number of hydrogen-bond acceptors (Lipinski definition) is 2. The Morgan fingerprint density at radius 2 is 1.57 bits per heavy atom. The van der Waals surface area contributed by atoms with Crippen molar-refractivity contribution in [2.45, 2.75) is 6.92 Å². The van der Waals surface area contributed by atoms with Crippen LogP contribution in [-0.2, 0) is 0 Å². The molecule has 5 nitrogen and oxygen atoms in total. The van der Waals surface area contributed by atoms with Gasteiger partial charge < -0.3 is 20.4 Å². The minimum absolute atomic E-state index is 0.286. The summed E-state index contributed by atoms with van der Waals surface area (Å²) in [6, 6.07) is 18.1. The molecule has 0 aliphatic rings. The molecular weight excluding hydrogens is 290 g/mol. The summed E-state index contributed by atoms with van der Waals surface area (Å²) in [5.41, 5.74) is 2.47. The molecule has 2 amide bonds. The SMILES string of the molecule is Cc1cc(Oc2ccc(NC(=O)Nc3ccccc3)cc2)c[nH]1. The van der Waals surface area contributed by atoms with Gasteiger partial charge in [-0.25, -0.2) is 4.79 Å². The largest absolute Gasteiger partial charge is 0.456 e. The van der Waals surface area contributed by atoms with Crippen LogP contribution >= 0.6 is 0 Å². The van der Waals surface area contributed by atoms with Crippen molar-refractivity contribution in [2.75, 3.05) is 10.6 Å². The van der Waals surface area contributed by atoms with Gasteiger partial charge in [0.2, 0.25) is 0 Å². The molecule has 3 N–H and O–H groups in total. The number of aromatic nitrogens is 1. The lowest BCUT2D eigenvalue weighted by Gasteiger charge is -2.08. The molecule has 0 aliphatic heterocycles. The van der Waals surface area contributed by atoms with E-state index in [4.69, 9.17) is 4.74 Å². The summed E-state index contributed by atoms with van der Waals surface area (Å²) in [5, 5.41) is 5.54. The van der Waals surface area contributed by atoms with Crippen molar-refractivity contribution in [1.82, 2.24) is 4.98 Å². The van der Waals surface area contributed by atoms with Crippen LogP contribution in [0.15, 0.2) is 66.9 Å². The summed E-state index contributed by atoms with van der Waals surface area (Å²) < 4.78 is 5.70. The smallest absolute Gasteiger partial charge is 0.323 e. The van der Waals surface area contributed by atoms with Gasteiger partial charge in [-0.05, 0) is 43.3 Å². The van der Waals surface area contributed by atoms with Crippen LogP contribution in [0.5, 0.6) is 11.5 Å². The quantitative estimate of drug-likeness (QED) is 0.650. The van der Waals surface area contributed by atoms with Crippen LogP contribution < -0.4 is 15.4 Å². The van der Waals surface area contributed by atoms with Gasteiger partial charge in [0.1, 0.15) is 11.5 Å². The number of carbonyl (C=O) groups excluding carboxylic acids is 1. The van der Waals surface area contributed by atoms with Gasteiger partial charge in [-0.3, -0.25) is 0 Å². The van der Waals surface area contributed by atoms with Crippen LogP contribution in [0.3, 0.4) is 0 Å². The Labute approximate surface area is 134 Å². The molecule has 0 bridgehead atoms. The van der Waals surface area contributed by atoms with Crippen molar-refractivity contribution in [3.05, 3.63) is 72.6 Å². The third kappa shape index (κ3) is 4.14. The third-order valence-corrected chi connectivity index (χ3v) is 3.18. The van der Waals surface area contributed by atoms with E-state index in [1.54, 1.807) is 30.5 Å². The molecule has 0 unspecified atom stereocenters. The van der Waals surface area contributed by atoms with E-state index in [0.717, 1.165) is 17.1 Å². The summed E-state index contributed by atoms with van der Waals surface area (Å²) in [6.07, 6.45) is 1.80. The predicted molar refractivity (Wildman–Crippen MR) is 91.1 cm³/mol. The molecular formula is C18H17N3O2. The van der Waals surface area contributed by atoms with Crippen LogP contribution in [-0.4, -0.2) is 11.0 Å². The molecule has 0 fully saturated rings. The molecule has 0 aliphatic carbocycles. The molecule has 3 aromatic rings.